The molecule has 1 heterocycles. The Balaban J connectivity index is 2.35. The molecule has 0 fully saturated rings. The molecule has 1 aromatic rings. The highest BCUT2D eigenvalue weighted by Gasteiger charge is 2.11. The number of ether oxygens (including phenoxy) is 1. The van der Waals surface area contributed by atoms with Gasteiger partial charge in [0.1, 0.15) is 5.76 Å². The average Bonchev–Trinajstić information content (AvgIpc) is 2.80. The molecule has 6 nitrogen and oxygen atoms in total. The van der Waals surface area contributed by atoms with Gasteiger partial charge < -0.3 is 19.4 Å². The zero-order valence-electron chi connectivity index (χ0n) is 10.6. The molecular weight excluding hydrogens is 236 g/mol. The maximum absolute atomic E-state index is 11.4. The number of alkyl carbamates (subject to hydrolysis) is 1. The Kier molecular flexibility index (Phi) is 5.76. The second-order valence-corrected chi connectivity index (χ2v) is 3.67. The van der Waals surface area contributed by atoms with Gasteiger partial charge in [-0.2, -0.15) is 0 Å². The van der Waals surface area contributed by atoms with Crippen LogP contribution in [0.3, 0.4) is 0 Å². The molecule has 1 aromatic heterocycles. The molecule has 0 saturated carbocycles. The van der Waals surface area contributed by atoms with Crippen molar-refractivity contribution < 1.29 is 18.7 Å². The standard InChI is InChI=1S/C12H18N2O4/c1-3-17-12(16)13-6-7-14(10(2)15)9-11-5-4-8-18-11/h4-5,8H,3,6-7,9H2,1-2H3,(H,13,16). The van der Waals surface area contributed by atoms with E-state index in [0.717, 1.165) is 0 Å². The van der Waals surface area contributed by atoms with Crippen molar-refractivity contribution in [2.45, 2.75) is 20.4 Å². The summed E-state index contributed by atoms with van der Waals surface area (Å²) in [7, 11) is 0. The van der Waals surface area contributed by atoms with Gasteiger partial charge in [-0.3, -0.25) is 4.79 Å². The van der Waals surface area contributed by atoms with Crippen LogP contribution in [0, 0.1) is 0 Å². The zero-order chi connectivity index (χ0) is 13.4. The molecule has 0 saturated heterocycles. The van der Waals surface area contributed by atoms with Crippen molar-refractivity contribution in [1.82, 2.24) is 10.2 Å². The average molecular weight is 254 g/mol. The van der Waals surface area contributed by atoms with E-state index >= 15 is 0 Å². The number of carbonyl (C=O) groups excluding carboxylic acids is 2. The zero-order valence-corrected chi connectivity index (χ0v) is 10.6. The monoisotopic (exact) mass is 254 g/mol. The highest BCUT2D eigenvalue weighted by Crippen LogP contribution is 2.05. The van der Waals surface area contributed by atoms with Gasteiger partial charge in [-0.05, 0) is 19.1 Å². The van der Waals surface area contributed by atoms with E-state index in [1.54, 1.807) is 30.2 Å². The minimum absolute atomic E-state index is 0.0722. The lowest BCUT2D eigenvalue weighted by atomic mass is 10.4. The lowest BCUT2D eigenvalue weighted by Gasteiger charge is -2.19. The molecule has 0 aliphatic heterocycles. The maximum Gasteiger partial charge on any atom is 0.407 e. The number of rotatable bonds is 6. The minimum atomic E-state index is -0.473. The summed E-state index contributed by atoms with van der Waals surface area (Å²) in [4.78, 5) is 24.1. The van der Waals surface area contributed by atoms with Crippen LogP contribution in [0.5, 0.6) is 0 Å². The van der Waals surface area contributed by atoms with Crippen LogP contribution in [-0.4, -0.2) is 36.6 Å². The molecule has 1 rings (SSSR count). The Labute approximate surface area is 106 Å². The summed E-state index contributed by atoms with van der Waals surface area (Å²) in [5, 5.41) is 2.56. The number of nitrogens with one attached hydrogen (secondary N) is 1. The lowest BCUT2D eigenvalue weighted by molar-refractivity contribution is -0.129. The molecule has 0 spiro atoms. The van der Waals surface area contributed by atoms with Crippen molar-refractivity contribution in [2.75, 3.05) is 19.7 Å². The summed E-state index contributed by atoms with van der Waals surface area (Å²) < 4.78 is 9.89. The Bertz CT molecular complexity index is 375. The van der Waals surface area contributed by atoms with Gasteiger partial charge in [-0.1, -0.05) is 0 Å². The van der Waals surface area contributed by atoms with Crippen molar-refractivity contribution >= 4 is 12.0 Å². The van der Waals surface area contributed by atoms with Crippen LogP contribution in [0.25, 0.3) is 0 Å². The topological polar surface area (TPSA) is 71.8 Å². The van der Waals surface area contributed by atoms with Gasteiger partial charge in [0.05, 0.1) is 19.4 Å². The molecular formula is C12H18N2O4. The first-order valence-corrected chi connectivity index (χ1v) is 5.82. The van der Waals surface area contributed by atoms with E-state index in [9.17, 15) is 9.59 Å². The number of furan rings is 1. The van der Waals surface area contributed by atoms with E-state index in [1.165, 1.54) is 6.92 Å². The SMILES string of the molecule is CCOC(=O)NCCN(Cc1ccco1)C(C)=O. The normalized spacial score (nSPS) is 9.89. The van der Waals surface area contributed by atoms with Gasteiger partial charge in [0.15, 0.2) is 0 Å². The van der Waals surface area contributed by atoms with Crippen molar-refractivity contribution in [2.24, 2.45) is 0 Å². The summed E-state index contributed by atoms with van der Waals surface area (Å²) in [6.07, 6.45) is 1.09. The van der Waals surface area contributed by atoms with Crippen LogP contribution in [0.2, 0.25) is 0 Å². The third kappa shape index (κ3) is 4.90. The Morgan fingerprint density at radius 3 is 2.83 bits per heavy atom. The van der Waals surface area contributed by atoms with E-state index in [4.69, 9.17) is 9.15 Å². The van der Waals surface area contributed by atoms with E-state index in [2.05, 4.69) is 5.32 Å². The van der Waals surface area contributed by atoms with E-state index in [1.807, 2.05) is 0 Å². The Morgan fingerprint density at radius 2 is 2.28 bits per heavy atom. The van der Waals surface area contributed by atoms with Gasteiger partial charge in [-0.15, -0.1) is 0 Å². The number of carbonyl (C=O) groups is 2. The van der Waals surface area contributed by atoms with E-state index in [-0.39, 0.29) is 5.91 Å². The summed E-state index contributed by atoms with van der Waals surface area (Å²) in [5.41, 5.74) is 0. The van der Waals surface area contributed by atoms with Crippen molar-refractivity contribution in [1.29, 1.82) is 0 Å². The third-order valence-corrected chi connectivity index (χ3v) is 2.30. The number of hydrogen-bond donors (Lipinski definition) is 1. The maximum atomic E-state index is 11.4. The van der Waals surface area contributed by atoms with Gasteiger partial charge in [0.2, 0.25) is 5.91 Å². The second-order valence-electron chi connectivity index (χ2n) is 3.67. The van der Waals surface area contributed by atoms with Crippen LogP contribution >= 0.6 is 0 Å². The molecule has 0 radical (unpaired) electrons. The summed E-state index contributed by atoms with van der Waals surface area (Å²) in [6.45, 7) is 4.70. The predicted molar refractivity (Wildman–Crippen MR) is 64.8 cm³/mol. The molecule has 1 N–H and O–H groups in total. The minimum Gasteiger partial charge on any atom is -0.467 e. The fraction of sp³-hybridized carbons (Fsp3) is 0.500. The number of nitrogens with zero attached hydrogens (tertiary/aromatic N) is 1. The van der Waals surface area contributed by atoms with Crippen molar-refractivity contribution in [3.8, 4) is 0 Å². The molecule has 100 valence electrons. The second kappa shape index (κ2) is 7.37. The van der Waals surface area contributed by atoms with Gasteiger partial charge in [-0.25, -0.2) is 4.79 Å². The molecule has 6 heteroatoms. The summed E-state index contributed by atoms with van der Waals surface area (Å²) in [5.74, 6) is 0.637. The predicted octanol–water partition coefficient (Wildman–Crippen LogP) is 1.37. The Morgan fingerprint density at radius 1 is 1.50 bits per heavy atom. The van der Waals surface area contributed by atoms with Crippen LogP contribution in [-0.2, 0) is 16.1 Å². The highest BCUT2D eigenvalue weighted by molar-refractivity contribution is 5.73. The first-order valence-electron chi connectivity index (χ1n) is 5.82. The molecule has 2 amide bonds. The third-order valence-electron chi connectivity index (χ3n) is 2.30. The molecule has 0 atom stereocenters. The number of amides is 2. The number of hydrogen-bond acceptors (Lipinski definition) is 4. The fourth-order valence-electron chi connectivity index (χ4n) is 1.41. The molecule has 0 unspecified atom stereocenters. The van der Waals surface area contributed by atoms with Crippen molar-refractivity contribution in [3.63, 3.8) is 0 Å². The molecule has 0 aliphatic rings. The largest absolute Gasteiger partial charge is 0.467 e. The Hall–Kier alpha value is -1.98. The summed E-state index contributed by atoms with van der Waals surface area (Å²) in [6, 6.07) is 3.57. The van der Waals surface area contributed by atoms with Gasteiger partial charge in [0.25, 0.3) is 0 Å². The first-order chi connectivity index (χ1) is 8.63. The lowest BCUT2D eigenvalue weighted by Crippen LogP contribution is -2.37. The van der Waals surface area contributed by atoms with Crippen molar-refractivity contribution in [3.05, 3.63) is 24.2 Å². The quantitative estimate of drug-likeness (QED) is 0.832. The molecule has 0 aromatic carbocycles. The first kappa shape index (κ1) is 14.1. The highest BCUT2D eigenvalue weighted by atomic mass is 16.5. The fourth-order valence-corrected chi connectivity index (χ4v) is 1.41. The van der Waals surface area contributed by atoms with Crippen LogP contribution in [0.4, 0.5) is 4.79 Å². The van der Waals surface area contributed by atoms with Crippen LogP contribution in [0.1, 0.15) is 19.6 Å². The molecule has 0 aliphatic carbocycles. The van der Waals surface area contributed by atoms with Gasteiger partial charge in [0, 0.05) is 20.0 Å². The van der Waals surface area contributed by atoms with E-state index < -0.39 is 6.09 Å². The van der Waals surface area contributed by atoms with Gasteiger partial charge >= 0.3 is 6.09 Å². The summed E-state index contributed by atoms with van der Waals surface area (Å²) >= 11 is 0. The van der Waals surface area contributed by atoms with Crippen LogP contribution < -0.4 is 5.32 Å². The van der Waals surface area contributed by atoms with Crippen LogP contribution in [0.15, 0.2) is 22.8 Å². The smallest absolute Gasteiger partial charge is 0.407 e. The van der Waals surface area contributed by atoms with E-state index in [0.29, 0.717) is 32.0 Å². The molecule has 18 heavy (non-hydrogen) atoms. The molecule has 0 bridgehead atoms.